The summed E-state index contributed by atoms with van der Waals surface area (Å²) < 4.78 is 11.4. The summed E-state index contributed by atoms with van der Waals surface area (Å²) in [5.74, 6) is -1.89. The minimum absolute atomic E-state index is 0.0790. The Labute approximate surface area is 144 Å². The summed E-state index contributed by atoms with van der Waals surface area (Å²) in [5, 5.41) is 11.0. The lowest BCUT2D eigenvalue weighted by atomic mass is 10.1. The molecule has 0 aliphatic carbocycles. The van der Waals surface area contributed by atoms with Crippen molar-refractivity contribution in [3.05, 3.63) is 40.5 Å². The maximum absolute atomic E-state index is 12.3. The summed E-state index contributed by atoms with van der Waals surface area (Å²) in [6, 6.07) is 6.68. The van der Waals surface area contributed by atoms with E-state index in [0.29, 0.717) is 16.3 Å². The van der Waals surface area contributed by atoms with Crippen molar-refractivity contribution in [2.75, 3.05) is 13.2 Å². The fourth-order valence-electron chi connectivity index (χ4n) is 2.44. The zero-order chi connectivity index (χ0) is 17.9. The maximum Gasteiger partial charge on any atom is 0.358 e. The van der Waals surface area contributed by atoms with Gasteiger partial charge in [0.05, 0.1) is 18.9 Å². The molecule has 0 radical (unpaired) electrons. The standard InChI is InChI=1S/C17H18ClNO5/c1-4-23-16(21)12-13(10-6-8-11(18)9-7-10)19(3)14(15(12)20)17(22)24-5-2/h6-9,20H,4-5H2,1-3H3. The van der Waals surface area contributed by atoms with Gasteiger partial charge in [0, 0.05) is 12.1 Å². The molecule has 128 valence electrons. The topological polar surface area (TPSA) is 77.8 Å². The zero-order valence-corrected chi connectivity index (χ0v) is 14.4. The average molecular weight is 352 g/mol. The fraction of sp³-hybridized carbons (Fsp3) is 0.294. The Bertz CT molecular complexity index is 764. The van der Waals surface area contributed by atoms with Crippen LogP contribution in [0.15, 0.2) is 24.3 Å². The van der Waals surface area contributed by atoms with Crippen molar-refractivity contribution in [3.63, 3.8) is 0 Å². The van der Waals surface area contributed by atoms with Crippen LogP contribution in [0.5, 0.6) is 5.75 Å². The number of hydrogen-bond donors (Lipinski definition) is 1. The summed E-state index contributed by atoms with van der Waals surface area (Å²) in [6.07, 6.45) is 0. The molecule has 0 atom stereocenters. The van der Waals surface area contributed by atoms with E-state index in [-0.39, 0.29) is 24.5 Å². The van der Waals surface area contributed by atoms with E-state index in [9.17, 15) is 14.7 Å². The monoisotopic (exact) mass is 351 g/mol. The van der Waals surface area contributed by atoms with Crippen molar-refractivity contribution in [1.82, 2.24) is 4.57 Å². The molecule has 0 amide bonds. The summed E-state index contributed by atoms with van der Waals surface area (Å²) in [6.45, 7) is 3.60. The normalized spacial score (nSPS) is 10.5. The summed E-state index contributed by atoms with van der Waals surface area (Å²) in [7, 11) is 1.57. The van der Waals surface area contributed by atoms with Crippen LogP contribution in [0.3, 0.4) is 0 Å². The van der Waals surface area contributed by atoms with Crippen LogP contribution >= 0.6 is 11.6 Å². The van der Waals surface area contributed by atoms with Gasteiger partial charge in [-0.1, -0.05) is 23.7 Å². The highest BCUT2D eigenvalue weighted by molar-refractivity contribution is 6.30. The molecule has 1 heterocycles. The minimum Gasteiger partial charge on any atom is -0.505 e. The number of carbonyl (C=O) groups excluding carboxylic acids is 2. The third kappa shape index (κ3) is 3.23. The first-order valence-electron chi connectivity index (χ1n) is 7.44. The van der Waals surface area contributed by atoms with E-state index < -0.39 is 17.7 Å². The predicted molar refractivity (Wildman–Crippen MR) is 89.4 cm³/mol. The lowest BCUT2D eigenvalue weighted by molar-refractivity contribution is 0.0512. The molecular formula is C17H18ClNO5. The van der Waals surface area contributed by atoms with Gasteiger partial charge in [-0.25, -0.2) is 9.59 Å². The van der Waals surface area contributed by atoms with E-state index in [4.69, 9.17) is 21.1 Å². The largest absolute Gasteiger partial charge is 0.505 e. The Kier molecular flexibility index (Phi) is 5.51. The fourth-order valence-corrected chi connectivity index (χ4v) is 2.57. The molecule has 24 heavy (non-hydrogen) atoms. The van der Waals surface area contributed by atoms with Crippen LogP contribution in [0.25, 0.3) is 11.3 Å². The average Bonchev–Trinajstić information content (AvgIpc) is 2.79. The molecule has 0 saturated heterocycles. The lowest BCUT2D eigenvalue weighted by Crippen LogP contribution is -2.10. The second-order valence-corrected chi connectivity index (χ2v) is 5.36. The van der Waals surface area contributed by atoms with E-state index in [0.717, 1.165) is 0 Å². The molecule has 0 saturated carbocycles. The predicted octanol–water partition coefficient (Wildman–Crippen LogP) is 3.40. The number of aromatic hydroxyl groups is 1. The van der Waals surface area contributed by atoms with E-state index in [2.05, 4.69) is 0 Å². The zero-order valence-electron chi connectivity index (χ0n) is 13.6. The van der Waals surface area contributed by atoms with Crippen LogP contribution in [-0.4, -0.2) is 34.8 Å². The molecule has 1 aromatic carbocycles. The number of rotatable bonds is 5. The van der Waals surface area contributed by atoms with Crippen LogP contribution in [0, 0.1) is 0 Å². The minimum atomic E-state index is -0.719. The van der Waals surface area contributed by atoms with E-state index in [1.54, 1.807) is 45.2 Å². The highest BCUT2D eigenvalue weighted by atomic mass is 35.5. The van der Waals surface area contributed by atoms with Gasteiger partial charge in [0.2, 0.25) is 0 Å². The molecule has 6 nitrogen and oxygen atoms in total. The molecule has 0 fully saturated rings. The van der Waals surface area contributed by atoms with Gasteiger partial charge in [-0.2, -0.15) is 0 Å². The molecule has 7 heteroatoms. The summed E-state index contributed by atoms with van der Waals surface area (Å²) >= 11 is 5.90. The van der Waals surface area contributed by atoms with Crippen molar-refractivity contribution >= 4 is 23.5 Å². The molecular weight excluding hydrogens is 334 g/mol. The first-order chi connectivity index (χ1) is 11.4. The SMILES string of the molecule is CCOC(=O)c1c(O)c(C(=O)OCC)n(C)c1-c1ccc(Cl)cc1. The van der Waals surface area contributed by atoms with Crippen molar-refractivity contribution in [1.29, 1.82) is 0 Å². The molecule has 0 unspecified atom stereocenters. The first kappa shape index (κ1) is 17.9. The summed E-state index contributed by atoms with van der Waals surface area (Å²) in [4.78, 5) is 24.4. The van der Waals surface area contributed by atoms with Crippen molar-refractivity contribution in [2.45, 2.75) is 13.8 Å². The number of ether oxygens (including phenoxy) is 2. The molecule has 1 N–H and O–H groups in total. The van der Waals surface area contributed by atoms with Gasteiger partial charge in [-0.05, 0) is 31.5 Å². The van der Waals surface area contributed by atoms with E-state index >= 15 is 0 Å². The highest BCUT2D eigenvalue weighted by Gasteiger charge is 2.31. The van der Waals surface area contributed by atoms with Gasteiger partial charge in [0.25, 0.3) is 0 Å². The van der Waals surface area contributed by atoms with Gasteiger partial charge >= 0.3 is 11.9 Å². The molecule has 0 spiro atoms. The lowest BCUT2D eigenvalue weighted by Gasteiger charge is -2.08. The van der Waals surface area contributed by atoms with Crippen LogP contribution in [0.4, 0.5) is 0 Å². The Morgan fingerprint density at radius 2 is 1.62 bits per heavy atom. The van der Waals surface area contributed by atoms with Gasteiger partial charge in [0.1, 0.15) is 5.56 Å². The Hall–Kier alpha value is -2.47. The number of benzene rings is 1. The maximum atomic E-state index is 12.3. The molecule has 1 aromatic heterocycles. The van der Waals surface area contributed by atoms with Crippen LogP contribution in [0.2, 0.25) is 5.02 Å². The van der Waals surface area contributed by atoms with E-state index in [1.807, 2.05) is 0 Å². The number of nitrogens with zero attached hydrogens (tertiary/aromatic N) is 1. The highest BCUT2D eigenvalue weighted by Crippen LogP contribution is 2.37. The number of carbonyl (C=O) groups is 2. The van der Waals surface area contributed by atoms with E-state index in [1.165, 1.54) is 4.57 Å². The van der Waals surface area contributed by atoms with Crippen molar-refractivity contribution in [3.8, 4) is 17.0 Å². The Balaban J connectivity index is 2.71. The van der Waals surface area contributed by atoms with Gasteiger partial charge in [-0.3, -0.25) is 0 Å². The number of aromatic nitrogens is 1. The number of esters is 2. The molecule has 0 aliphatic heterocycles. The smallest absolute Gasteiger partial charge is 0.358 e. The van der Waals surface area contributed by atoms with Crippen molar-refractivity contribution in [2.24, 2.45) is 7.05 Å². The van der Waals surface area contributed by atoms with Crippen LogP contribution in [-0.2, 0) is 16.5 Å². The molecule has 2 rings (SSSR count). The second kappa shape index (κ2) is 7.40. The van der Waals surface area contributed by atoms with Gasteiger partial charge in [0.15, 0.2) is 11.4 Å². The third-order valence-electron chi connectivity index (χ3n) is 3.43. The molecule has 2 aromatic rings. The Morgan fingerprint density at radius 3 is 2.17 bits per heavy atom. The summed E-state index contributed by atoms with van der Waals surface area (Å²) in [5.41, 5.74) is 0.774. The van der Waals surface area contributed by atoms with Gasteiger partial charge in [-0.15, -0.1) is 0 Å². The number of hydrogen-bond acceptors (Lipinski definition) is 5. The first-order valence-corrected chi connectivity index (χ1v) is 7.81. The van der Waals surface area contributed by atoms with Crippen LogP contribution < -0.4 is 0 Å². The molecule has 0 bridgehead atoms. The van der Waals surface area contributed by atoms with Gasteiger partial charge < -0.3 is 19.1 Å². The quantitative estimate of drug-likeness (QED) is 0.835. The Morgan fingerprint density at radius 1 is 1.08 bits per heavy atom. The third-order valence-corrected chi connectivity index (χ3v) is 3.69. The van der Waals surface area contributed by atoms with Crippen molar-refractivity contribution < 1.29 is 24.2 Å². The second-order valence-electron chi connectivity index (χ2n) is 4.93. The van der Waals surface area contributed by atoms with Crippen LogP contribution in [0.1, 0.15) is 34.7 Å². The molecule has 0 aliphatic rings. The number of halogens is 1.